The first-order valence-electron chi connectivity index (χ1n) is 4.94. The lowest BCUT2D eigenvalue weighted by Crippen LogP contribution is -2.20. The Labute approximate surface area is 107 Å². The van der Waals surface area contributed by atoms with Gasteiger partial charge in [0.1, 0.15) is 0 Å². The van der Waals surface area contributed by atoms with Crippen LogP contribution in [0.3, 0.4) is 0 Å². The predicted molar refractivity (Wildman–Crippen MR) is 68.7 cm³/mol. The molecule has 1 rings (SSSR count). The van der Waals surface area contributed by atoms with E-state index >= 15 is 0 Å². The van der Waals surface area contributed by atoms with Crippen LogP contribution in [0.2, 0.25) is 5.02 Å². The zero-order chi connectivity index (χ0) is 12.8. The van der Waals surface area contributed by atoms with Gasteiger partial charge in [0.15, 0.2) is 0 Å². The summed E-state index contributed by atoms with van der Waals surface area (Å²) >= 11 is 5.79. The number of benzene rings is 1. The molecule has 5 nitrogen and oxygen atoms in total. The molecule has 0 saturated heterocycles. The van der Waals surface area contributed by atoms with Crippen LogP contribution in [0, 0.1) is 10.1 Å². The minimum Gasteiger partial charge on any atom is -0.311 e. The Balaban J connectivity index is 2.65. The summed E-state index contributed by atoms with van der Waals surface area (Å²) in [6, 6.07) is 4.44. The zero-order valence-electron chi connectivity index (χ0n) is 9.31. The van der Waals surface area contributed by atoms with Gasteiger partial charge in [-0.3, -0.25) is 14.3 Å². The molecule has 1 aromatic rings. The molecule has 17 heavy (non-hydrogen) atoms. The van der Waals surface area contributed by atoms with Crippen LogP contribution >= 0.6 is 11.6 Å². The Kier molecular flexibility index (Phi) is 5.54. The van der Waals surface area contributed by atoms with Gasteiger partial charge in [0, 0.05) is 52.6 Å². The van der Waals surface area contributed by atoms with E-state index in [1.165, 1.54) is 12.1 Å². The van der Waals surface area contributed by atoms with Crippen molar-refractivity contribution in [3.05, 3.63) is 38.9 Å². The fourth-order valence-electron chi connectivity index (χ4n) is 1.31. The highest BCUT2D eigenvalue weighted by atomic mass is 35.5. The van der Waals surface area contributed by atoms with Gasteiger partial charge < -0.3 is 5.32 Å². The highest BCUT2D eigenvalue weighted by Gasteiger charge is 2.13. The molecule has 1 unspecified atom stereocenters. The average Bonchev–Trinajstić information content (AvgIpc) is 2.23. The van der Waals surface area contributed by atoms with Crippen LogP contribution in [0.5, 0.6) is 0 Å². The first-order valence-corrected chi connectivity index (χ1v) is 7.05. The number of hydrogen-bond acceptors (Lipinski definition) is 4. The van der Waals surface area contributed by atoms with Crippen molar-refractivity contribution in [3.8, 4) is 0 Å². The molecule has 0 aromatic heterocycles. The number of rotatable bonds is 6. The Morgan fingerprint density at radius 2 is 2.24 bits per heavy atom. The van der Waals surface area contributed by atoms with Gasteiger partial charge in [-0.1, -0.05) is 11.6 Å². The third-order valence-corrected chi connectivity index (χ3v) is 3.13. The number of halogens is 1. The van der Waals surface area contributed by atoms with Crippen molar-refractivity contribution in [1.29, 1.82) is 0 Å². The van der Waals surface area contributed by atoms with E-state index in [1.807, 2.05) is 0 Å². The smallest absolute Gasteiger partial charge is 0.273 e. The molecule has 0 aliphatic carbocycles. The minimum absolute atomic E-state index is 0.0412. The molecule has 0 aliphatic heterocycles. The molecule has 0 radical (unpaired) electrons. The predicted octanol–water partition coefficient (Wildman–Crippen LogP) is 1.72. The highest BCUT2D eigenvalue weighted by Crippen LogP contribution is 2.22. The van der Waals surface area contributed by atoms with Gasteiger partial charge in [0.05, 0.1) is 4.92 Å². The third-order valence-electron chi connectivity index (χ3n) is 2.12. The molecular formula is C10H13ClN2O3S. The van der Waals surface area contributed by atoms with Gasteiger partial charge >= 0.3 is 0 Å². The Bertz CT molecular complexity index is 440. The molecule has 0 spiro atoms. The SMILES string of the molecule is CS(=O)CCNCc1cc(Cl)ccc1[N+](=O)[O-]. The van der Waals surface area contributed by atoms with Crippen LogP contribution in [0.1, 0.15) is 5.56 Å². The van der Waals surface area contributed by atoms with Gasteiger partial charge in [0.2, 0.25) is 0 Å². The van der Waals surface area contributed by atoms with Gasteiger partial charge in [-0.25, -0.2) is 0 Å². The van der Waals surface area contributed by atoms with Crippen molar-refractivity contribution in [2.75, 3.05) is 18.6 Å². The van der Waals surface area contributed by atoms with E-state index in [2.05, 4.69) is 5.32 Å². The summed E-state index contributed by atoms with van der Waals surface area (Å²) in [7, 11) is -0.864. The average molecular weight is 277 g/mol. The van der Waals surface area contributed by atoms with Gasteiger partial charge in [-0.15, -0.1) is 0 Å². The molecule has 1 aromatic carbocycles. The molecule has 0 aliphatic rings. The van der Waals surface area contributed by atoms with E-state index in [9.17, 15) is 14.3 Å². The van der Waals surface area contributed by atoms with E-state index in [4.69, 9.17) is 11.6 Å². The van der Waals surface area contributed by atoms with Crippen molar-refractivity contribution in [2.24, 2.45) is 0 Å². The molecule has 0 heterocycles. The van der Waals surface area contributed by atoms with Crippen molar-refractivity contribution in [3.63, 3.8) is 0 Å². The standard InChI is InChI=1S/C10H13ClN2O3S/c1-17(16)5-4-12-7-8-6-9(11)2-3-10(8)13(14)15/h2-3,6,12H,4-5,7H2,1H3. The van der Waals surface area contributed by atoms with Crippen LogP contribution in [-0.2, 0) is 17.3 Å². The summed E-state index contributed by atoms with van der Waals surface area (Å²) in [6.45, 7) is 0.890. The number of nitrogens with zero attached hydrogens (tertiary/aromatic N) is 1. The van der Waals surface area contributed by atoms with Crippen molar-refractivity contribution < 1.29 is 9.13 Å². The fraction of sp³-hybridized carbons (Fsp3) is 0.400. The summed E-state index contributed by atoms with van der Waals surface area (Å²) < 4.78 is 10.8. The van der Waals surface area contributed by atoms with Gasteiger partial charge in [-0.2, -0.15) is 0 Å². The summed E-state index contributed by atoms with van der Waals surface area (Å²) in [6.07, 6.45) is 1.61. The molecule has 1 atom stereocenters. The molecule has 0 fully saturated rings. The molecule has 1 N–H and O–H groups in total. The van der Waals surface area contributed by atoms with E-state index in [0.29, 0.717) is 29.4 Å². The number of nitro groups is 1. The Morgan fingerprint density at radius 3 is 2.82 bits per heavy atom. The maximum atomic E-state index is 10.8. The van der Waals surface area contributed by atoms with Crippen molar-refractivity contribution in [1.82, 2.24) is 5.32 Å². The number of nitrogens with one attached hydrogen (secondary N) is 1. The van der Waals surface area contributed by atoms with E-state index in [-0.39, 0.29) is 5.69 Å². The topological polar surface area (TPSA) is 72.2 Å². The maximum Gasteiger partial charge on any atom is 0.273 e. The largest absolute Gasteiger partial charge is 0.311 e. The van der Waals surface area contributed by atoms with E-state index in [1.54, 1.807) is 12.3 Å². The molecule has 94 valence electrons. The van der Waals surface area contributed by atoms with Crippen LogP contribution in [0.4, 0.5) is 5.69 Å². The third kappa shape index (κ3) is 4.80. The molecule has 0 bridgehead atoms. The van der Waals surface area contributed by atoms with Crippen LogP contribution in [0.15, 0.2) is 18.2 Å². The molecule has 0 saturated carbocycles. The first kappa shape index (κ1) is 14.1. The molecule has 0 amide bonds. The first-order chi connectivity index (χ1) is 8.00. The van der Waals surface area contributed by atoms with Gasteiger partial charge in [0.25, 0.3) is 5.69 Å². The highest BCUT2D eigenvalue weighted by molar-refractivity contribution is 7.84. The summed E-state index contributed by atoms with van der Waals surface area (Å²) in [4.78, 5) is 10.3. The lowest BCUT2D eigenvalue weighted by molar-refractivity contribution is -0.385. The summed E-state index contributed by atoms with van der Waals surface area (Å²) in [5, 5.41) is 14.2. The second-order valence-electron chi connectivity index (χ2n) is 3.48. The second kappa shape index (κ2) is 6.68. The number of nitro benzene ring substituents is 1. The lowest BCUT2D eigenvalue weighted by Gasteiger charge is -2.05. The second-order valence-corrected chi connectivity index (χ2v) is 5.48. The Hall–Kier alpha value is -0.980. The Morgan fingerprint density at radius 1 is 1.53 bits per heavy atom. The lowest BCUT2D eigenvalue weighted by atomic mass is 10.2. The normalized spacial score (nSPS) is 12.4. The fourth-order valence-corrected chi connectivity index (χ4v) is 1.94. The summed E-state index contributed by atoms with van der Waals surface area (Å²) in [5.41, 5.74) is 0.573. The zero-order valence-corrected chi connectivity index (χ0v) is 10.9. The molecular weight excluding hydrogens is 264 g/mol. The van der Waals surface area contributed by atoms with Gasteiger partial charge in [-0.05, 0) is 12.1 Å². The van der Waals surface area contributed by atoms with E-state index in [0.717, 1.165) is 0 Å². The monoisotopic (exact) mass is 276 g/mol. The maximum absolute atomic E-state index is 10.8. The minimum atomic E-state index is -0.864. The summed E-state index contributed by atoms with van der Waals surface area (Å²) in [5.74, 6) is 0.522. The van der Waals surface area contributed by atoms with Crippen molar-refractivity contribution >= 4 is 28.1 Å². The van der Waals surface area contributed by atoms with Crippen LogP contribution < -0.4 is 5.32 Å². The van der Waals surface area contributed by atoms with Crippen LogP contribution in [0.25, 0.3) is 0 Å². The van der Waals surface area contributed by atoms with E-state index < -0.39 is 15.7 Å². The quantitative estimate of drug-likeness (QED) is 0.488. The van der Waals surface area contributed by atoms with Crippen LogP contribution in [-0.4, -0.2) is 27.7 Å². The molecule has 7 heteroatoms. The van der Waals surface area contributed by atoms with Crippen molar-refractivity contribution in [2.45, 2.75) is 6.54 Å². The number of hydrogen-bond donors (Lipinski definition) is 1.